The first-order valence-electron chi connectivity index (χ1n) is 11.9. The van der Waals surface area contributed by atoms with Crippen LogP contribution in [0.3, 0.4) is 0 Å². The number of aryl methyl sites for hydroxylation is 3. The molecule has 1 N–H and O–H groups in total. The van der Waals surface area contributed by atoms with Crippen molar-refractivity contribution in [1.29, 1.82) is 0 Å². The van der Waals surface area contributed by atoms with E-state index in [0.29, 0.717) is 49.3 Å². The normalized spacial score (nSPS) is 11.2. The third-order valence-electron chi connectivity index (χ3n) is 6.20. The lowest BCUT2D eigenvalue weighted by atomic mass is 10.1. The molecule has 0 saturated carbocycles. The van der Waals surface area contributed by atoms with Crippen LogP contribution in [0.5, 0.6) is 0 Å². The van der Waals surface area contributed by atoms with Crippen LogP contribution in [0.15, 0.2) is 89.7 Å². The third kappa shape index (κ3) is 4.99. The largest absolute Gasteiger partial charge is 0.356 e. The van der Waals surface area contributed by atoms with Crippen LogP contribution in [0.25, 0.3) is 16.7 Å². The van der Waals surface area contributed by atoms with Gasteiger partial charge in [0.1, 0.15) is 5.82 Å². The Balaban J connectivity index is 1.36. The predicted molar refractivity (Wildman–Crippen MR) is 136 cm³/mol. The molecule has 7 heteroatoms. The average molecular weight is 466 g/mol. The van der Waals surface area contributed by atoms with Crippen molar-refractivity contribution < 1.29 is 4.79 Å². The summed E-state index contributed by atoms with van der Waals surface area (Å²) in [5, 5.41) is 12.3. The van der Waals surface area contributed by atoms with E-state index in [9.17, 15) is 9.59 Å². The van der Waals surface area contributed by atoms with Gasteiger partial charge in [0.05, 0.1) is 10.9 Å². The number of rotatable bonds is 9. The van der Waals surface area contributed by atoms with E-state index in [1.165, 1.54) is 5.56 Å². The van der Waals surface area contributed by atoms with Crippen molar-refractivity contribution in [3.63, 3.8) is 0 Å². The van der Waals surface area contributed by atoms with Gasteiger partial charge in [-0.2, -0.15) is 0 Å². The average Bonchev–Trinajstić information content (AvgIpc) is 3.33. The lowest BCUT2D eigenvalue weighted by Crippen LogP contribution is -2.26. The van der Waals surface area contributed by atoms with E-state index in [0.717, 1.165) is 17.5 Å². The maximum atomic E-state index is 13.3. The Labute approximate surface area is 203 Å². The molecule has 5 aromatic rings. The van der Waals surface area contributed by atoms with Gasteiger partial charge in [-0.15, -0.1) is 10.2 Å². The van der Waals surface area contributed by atoms with Crippen molar-refractivity contribution in [2.75, 3.05) is 6.54 Å². The number of amides is 1. The highest BCUT2D eigenvalue weighted by Gasteiger charge is 2.17. The lowest BCUT2D eigenvalue weighted by Gasteiger charge is -2.11. The lowest BCUT2D eigenvalue weighted by molar-refractivity contribution is -0.121. The zero-order valence-corrected chi connectivity index (χ0v) is 19.4. The molecule has 5 rings (SSSR count). The number of fused-ring (bicyclic) bond motifs is 3. The van der Waals surface area contributed by atoms with E-state index in [1.54, 1.807) is 4.57 Å². The minimum Gasteiger partial charge on any atom is -0.356 e. The maximum absolute atomic E-state index is 13.3. The van der Waals surface area contributed by atoms with Crippen LogP contribution < -0.4 is 10.9 Å². The van der Waals surface area contributed by atoms with Crippen LogP contribution in [0.1, 0.15) is 23.4 Å². The molecule has 0 saturated heterocycles. The Kier molecular flexibility index (Phi) is 6.66. The molecule has 0 aliphatic heterocycles. The van der Waals surface area contributed by atoms with Crippen molar-refractivity contribution in [1.82, 2.24) is 24.5 Å². The second-order valence-electron chi connectivity index (χ2n) is 8.55. The number of hydrogen-bond donors (Lipinski definition) is 1. The van der Waals surface area contributed by atoms with Crippen LogP contribution in [-0.4, -0.2) is 31.6 Å². The molecular weight excluding hydrogens is 438 g/mol. The number of nitrogens with one attached hydrogen (secondary N) is 1. The Bertz CT molecular complexity index is 1510. The SMILES string of the molecule is O=C(CCc1nnc2n(CCc3ccccc3)c(=O)c3ccccc3n12)NCCc1ccccc1. The zero-order chi connectivity index (χ0) is 24.0. The van der Waals surface area contributed by atoms with Crippen molar-refractivity contribution in [3.8, 4) is 0 Å². The quantitative estimate of drug-likeness (QED) is 0.361. The van der Waals surface area contributed by atoms with E-state index < -0.39 is 0 Å². The van der Waals surface area contributed by atoms with Crippen molar-refractivity contribution in [2.45, 2.75) is 32.2 Å². The van der Waals surface area contributed by atoms with E-state index in [2.05, 4.69) is 39.8 Å². The van der Waals surface area contributed by atoms with E-state index in [-0.39, 0.29) is 11.5 Å². The summed E-state index contributed by atoms with van der Waals surface area (Å²) in [6.45, 7) is 1.08. The molecule has 2 heterocycles. The maximum Gasteiger partial charge on any atom is 0.262 e. The van der Waals surface area contributed by atoms with Gasteiger partial charge in [-0.1, -0.05) is 72.8 Å². The summed E-state index contributed by atoms with van der Waals surface area (Å²) in [5.74, 6) is 1.14. The molecule has 0 radical (unpaired) electrons. The van der Waals surface area contributed by atoms with Crippen LogP contribution >= 0.6 is 0 Å². The summed E-state index contributed by atoms with van der Waals surface area (Å²) >= 11 is 0. The Morgan fingerprint density at radius 3 is 2.17 bits per heavy atom. The van der Waals surface area contributed by atoms with Gasteiger partial charge in [-0.3, -0.25) is 18.6 Å². The fourth-order valence-electron chi connectivity index (χ4n) is 4.37. The minimum atomic E-state index is -0.0818. The number of aromatic nitrogens is 4. The van der Waals surface area contributed by atoms with E-state index in [1.807, 2.05) is 65.1 Å². The van der Waals surface area contributed by atoms with Crippen molar-refractivity contribution >= 4 is 22.6 Å². The molecular formula is C28H27N5O2. The second kappa shape index (κ2) is 10.3. The molecule has 0 aliphatic rings. The molecule has 0 aliphatic carbocycles. The highest BCUT2D eigenvalue weighted by Crippen LogP contribution is 2.16. The van der Waals surface area contributed by atoms with E-state index in [4.69, 9.17) is 0 Å². The predicted octanol–water partition coefficient (Wildman–Crippen LogP) is 3.58. The molecule has 0 fully saturated rings. The fourth-order valence-corrected chi connectivity index (χ4v) is 4.37. The van der Waals surface area contributed by atoms with Crippen LogP contribution in [-0.2, 0) is 30.6 Å². The first-order valence-corrected chi connectivity index (χ1v) is 11.9. The number of benzene rings is 3. The van der Waals surface area contributed by atoms with Gasteiger partial charge in [0.25, 0.3) is 5.56 Å². The third-order valence-corrected chi connectivity index (χ3v) is 6.20. The van der Waals surface area contributed by atoms with Gasteiger partial charge in [0.15, 0.2) is 0 Å². The Morgan fingerprint density at radius 1 is 0.771 bits per heavy atom. The molecule has 35 heavy (non-hydrogen) atoms. The molecule has 0 unspecified atom stereocenters. The number of nitrogens with zero attached hydrogens (tertiary/aromatic N) is 4. The zero-order valence-electron chi connectivity index (χ0n) is 19.4. The highest BCUT2D eigenvalue weighted by atomic mass is 16.1. The first kappa shape index (κ1) is 22.5. The smallest absolute Gasteiger partial charge is 0.262 e. The Hall–Kier alpha value is -4.26. The summed E-state index contributed by atoms with van der Waals surface area (Å²) in [4.78, 5) is 25.8. The van der Waals surface area contributed by atoms with Gasteiger partial charge < -0.3 is 5.32 Å². The van der Waals surface area contributed by atoms with Crippen molar-refractivity contribution in [2.24, 2.45) is 0 Å². The molecule has 0 spiro atoms. The first-order chi connectivity index (χ1) is 17.2. The molecule has 0 bridgehead atoms. The topological polar surface area (TPSA) is 81.3 Å². The van der Waals surface area contributed by atoms with Gasteiger partial charge in [0.2, 0.25) is 11.7 Å². The Morgan fingerprint density at radius 2 is 1.43 bits per heavy atom. The summed E-state index contributed by atoms with van der Waals surface area (Å²) in [7, 11) is 0. The molecule has 2 aromatic heterocycles. The summed E-state index contributed by atoms with van der Waals surface area (Å²) in [5.41, 5.74) is 3.02. The van der Waals surface area contributed by atoms with Crippen LogP contribution in [0, 0.1) is 0 Å². The molecule has 0 atom stereocenters. The van der Waals surface area contributed by atoms with Crippen LogP contribution in [0.2, 0.25) is 0 Å². The number of para-hydroxylation sites is 1. The minimum absolute atomic E-state index is 0.0283. The summed E-state index contributed by atoms with van der Waals surface area (Å²) < 4.78 is 3.60. The fraction of sp³-hybridized carbons (Fsp3) is 0.214. The second-order valence-corrected chi connectivity index (χ2v) is 8.55. The molecule has 176 valence electrons. The number of carbonyl (C=O) groups is 1. The van der Waals surface area contributed by atoms with Gasteiger partial charge in [0, 0.05) is 25.9 Å². The van der Waals surface area contributed by atoms with Gasteiger partial charge >= 0.3 is 0 Å². The highest BCUT2D eigenvalue weighted by molar-refractivity contribution is 5.80. The molecule has 3 aromatic carbocycles. The molecule has 1 amide bonds. The van der Waals surface area contributed by atoms with Gasteiger partial charge in [-0.25, -0.2) is 0 Å². The van der Waals surface area contributed by atoms with Crippen LogP contribution in [0.4, 0.5) is 0 Å². The number of carbonyl (C=O) groups excluding carboxylic acids is 1. The number of hydrogen-bond acceptors (Lipinski definition) is 4. The van der Waals surface area contributed by atoms with E-state index >= 15 is 0 Å². The summed E-state index contributed by atoms with van der Waals surface area (Å²) in [6.07, 6.45) is 2.23. The van der Waals surface area contributed by atoms with Crippen molar-refractivity contribution in [3.05, 3.63) is 112 Å². The standard InChI is InChI=1S/C28H27N5O2/c34-26(29-19-17-21-9-3-1-4-10-21)16-15-25-30-31-28-32(20-18-22-11-5-2-6-12-22)27(35)23-13-7-8-14-24(23)33(25)28/h1-14H,15-20H2,(H,29,34). The summed E-state index contributed by atoms with van der Waals surface area (Å²) in [6, 6.07) is 27.6. The monoisotopic (exact) mass is 465 g/mol. The van der Waals surface area contributed by atoms with Gasteiger partial charge in [-0.05, 0) is 36.1 Å². The molecule has 7 nitrogen and oxygen atoms in total.